The van der Waals surface area contributed by atoms with E-state index in [-0.39, 0.29) is 24.4 Å². The fraction of sp³-hybridized carbons (Fsp3) is 0.280. The van der Waals surface area contributed by atoms with Crippen LogP contribution in [-0.2, 0) is 17.4 Å². The van der Waals surface area contributed by atoms with Crippen molar-refractivity contribution in [1.82, 2.24) is 9.80 Å². The van der Waals surface area contributed by atoms with Crippen molar-refractivity contribution in [2.75, 3.05) is 19.6 Å². The van der Waals surface area contributed by atoms with E-state index in [9.17, 15) is 22.8 Å². The predicted molar refractivity (Wildman–Crippen MR) is 120 cm³/mol. The minimum absolute atomic E-state index is 0.00726. The number of thiophene rings is 1. The summed E-state index contributed by atoms with van der Waals surface area (Å²) in [6.07, 6.45) is -3.63. The average molecular weight is 471 g/mol. The molecule has 2 aliphatic rings. The van der Waals surface area contributed by atoms with Gasteiger partial charge in [0.1, 0.15) is 6.54 Å². The van der Waals surface area contributed by atoms with Gasteiger partial charge in [-0.25, -0.2) is 0 Å². The Morgan fingerprint density at radius 3 is 2.70 bits per heavy atom. The monoisotopic (exact) mass is 470 g/mol. The van der Waals surface area contributed by atoms with Crippen molar-refractivity contribution in [2.24, 2.45) is 0 Å². The fourth-order valence-corrected chi connectivity index (χ4v) is 5.60. The number of amides is 2. The smallest absolute Gasteiger partial charge is 0.332 e. The lowest BCUT2D eigenvalue weighted by molar-refractivity contribution is -0.139. The highest BCUT2D eigenvalue weighted by Crippen LogP contribution is 2.37. The number of piperazine rings is 1. The maximum Gasteiger partial charge on any atom is 0.416 e. The van der Waals surface area contributed by atoms with Crippen LogP contribution in [0, 0.1) is 6.92 Å². The summed E-state index contributed by atoms with van der Waals surface area (Å²) in [5.41, 5.74) is 3.13. The Labute approximate surface area is 193 Å². The Bertz CT molecular complexity index is 1250. The van der Waals surface area contributed by atoms with Gasteiger partial charge in [0.05, 0.1) is 16.5 Å². The zero-order valence-electron chi connectivity index (χ0n) is 17.9. The summed E-state index contributed by atoms with van der Waals surface area (Å²) in [7, 11) is 0. The highest BCUT2D eigenvalue weighted by atomic mass is 32.1. The third-order valence-corrected chi connectivity index (χ3v) is 7.40. The Morgan fingerprint density at radius 1 is 1.09 bits per heavy atom. The molecular formula is C25H21F3N2O2S. The van der Waals surface area contributed by atoms with Crippen LogP contribution in [0.2, 0.25) is 0 Å². The number of fused-ring (bicyclic) bond motifs is 3. The molecule has 1 aromatic heterocycles. The van der Waals surface area contributed by atoms with Crippen molar-refractivity contribution >= 4 is 23.2 Å². The van der Waals surface area contributed by atoms with Crippen molar-refractivity contribution in [3.05, 3.63) is 81.7 Å². The Morgan fingerprint density at radius 2 is 1.91 bits per heavy atom. The van der Waals surface area contributed by atoms with Crippen LogP contribution in [0.4, 0.5) is 13.2 Å². The SMILES string of the molecule is Cc1ccc2c(c1)CCN1C(=O)CN(C(=O)c3ccc(-c4cccc(C(F)(F)F)c4)s3)C[C@@H]21. The standard InChI is InChI=1S/C25H21F3N2O2S/c1-15-5-6-19-16(11-15)9-10-30-20(19)13-29(14-23(30)31)24(32)22-8-7-21(33-22)17-3-2-4-18(12-17)25(26,27)28/h2-8,11-12,20H,9-10,13-14H2,1H3/t20-/m0/s1. The fourth-order valence-electron chi connectivity index (χ4n) is 4.63. The lowest BCUT2D eigenvalue weighted by Gasteiger charge is -2.44. The molecule has 3 aromatic rings. The van der Waals surface area contributed by atoms with Crippen LogP contribution >= 0.6 is 11.3 Å². The molecule has 0 bridgehead atoms. The van der Waals surface area contributed by atoms with Gasteiger partial charge in [0, 0.05) is 18.0 Å². The average Bonchev–Trinajstić information content (AvgIpc) is 3.28. The molecule has 0 spiro atoms. The lowest BCUT2D eigenvalue weighted by atomic mass is 9.89. The van der Waals surface area contributed by atoms with Crippen LogP contribution in [0.1, 0.15) is 38.0 Å². The number of nitrogens with zero attached hydrogens (tertiary/aromatic N) is 2. The highest BCUT2D eigenvalue weighted by molar-refractivity contribution is 7.17. The lowest BCUT2D eigenvalue weighted by Crippen LogP contribution is -2.55. The van der Waals surface area contributed by atoms with E-state index < -0.39 is 11.7 Å². The van der Waals surface area contributed by atoms with E-state index in [1.54, 1.807) is 23.1 Å². The summed E-state index contributed by atoms with van der Waals surface area (Å²) in [5, 5.41) is 0. The second-order valence-electron chi connectivity index (χ2n) is 8.48. The molecule has 1 saturated heterocycles. The van der Waals surface area contributed by atoms with Crippen LogP contribution < -0.4 is 0 Å². The first-order valence-corrected chi connectivity index (χ1v) is 11.5. The second kappa shape index (κ2) is 8.02. The van der Waals surface area contributed by atoms with Gasteiger partial charge in [-0.05, 0) is 54.3 Å². The zero-order chi connectivity index (χ0) is 23.3. The molecular weight excluding hydrogens is 449 g/mol. The predicted octanol–water partition coefficient (Wildman–Crippen LogP) is 5.32. The molecule has 1 atom stereocenters. The van der Waals surface area contributed by atoms with Crippen LogP contribution in [0.15, 0.2) is 54.6 Å². The number of halogens is 3. The molecule has 3 heterocycles. The van der Waals surface area contributed by atoms with E-state index in [0.717, 1.165) is 41.0 Å². The number of carbonyl (C=O) groups is 2. The van der Waals surface area contributed by atoms with Crippen molar-refractivity contribution in [1.29, 1.82) is 0 Å². The van der Waals surface area contributed by atoms with Crippen molar-refractivity contribution in [2.45, 2.75) is 25.6 Å². The first kappa shape index (κ1) is 21.7. The van der Waals surface area contributed by atoms with Gasteiger partial charge in [0.15, 0.2) is 0 Å². The van der Waals surface area contributed by atoms with E-state index in [1.165, 1.54) is 11.6 Å². The first-order valence-electron chi connectivity index (χ1n) is 10.7. The number of hydrogen-bond acceptors (Lipinski definition) is 3. The van der Waals surface area contributed by atoms with Crippen molar-refractivity contribution in [3.63, 3.8) is 0 Å². The van der Waals surface area contributed by atoms with E-state index >= 15 is 0 Å². The van der Waals surface area contributed by atoms with Crippen LogP contribution in [-0.4, -0.2) is 41.2 Å². The molecule has 1 fully saturated rings. The summed E-state index contributed by atoms with van der Waals surface area (Å²) >= 11 is 1.14. The Hall–Kier alpha value is -3.13. The normalized spacial score (nSPS) is 18.2. The summed E-state index contributed by atoms with van der Waals surface area (Å²) in [4.78, 5) is 30.5. The van der Waals surface area contributed by atoms with Crippen molar-refractivity contribution < 1.29 is 22.8 Å². The molecule has 8 heteroatoms. The maximum atomic E-state index is 13.2. The molecule has 5 rings (SSSR count). The van der Waals surface area contributed by atoms with E-state index in [0.29, 0.717) is 28.4 Å². The molecule has 33 heavy (non-hydrogen) atoms. The molecule has 0 aliphatic carbocycles. The third kappa shape index (κ3) is 4.04. The molecule has 0 saturated carbocycles. The van der Waals surface area contributed by atoms with Crippen molar-refractivity contribution in [3.8, 4) is 10.4 Å². The van der Waals surface area contributed by atoms with Gasteiger partial charge in [-0.1, -0.05) is 35.9 Å². The molecule has 0 radical (unpaired) electrons. The molecule has 2 aromatic carbocycles. The molecule has 170 valence electrons. The largest absolute Gasteiger partial charge is 0.416 e. The minimum Gasteiger partial charge on any atom is -0.332 e. The number of hydrogen-bond donors (Lipinski definition) is 0. The van der Waals surface area contributed by atoms with Gasteiger partial charge < -0.3 is 9.80 Å². The van der Waals surface area contributed by atoms with E-state index in [4.69, 9.17) is 0 Å². The van der Waals surface area contributed by atoms with E-state index in [2.05, 4.69) is 6.07 Å². The van der Waals surface area contributed by atoms with E-state index in [1.807, 2.05) is 24.0 Å². The van der Waals surface area contributed by atoms with Gasteiger partial charge in [0.25, 0.3) is 5.91 Å². The Balaban J connectivity index is 1.39. The minimum atomic E-state index is -4.43. The zero-order valence-corrected chi connectivity index (χ0v) is 18.7. The van der Waals surface area contributed by atoms with Crippen LogP contribution in [0.5, 0.6) is 0 Å². The first-order chi connectivity index (χ1) is 15.7. The summed E-state index contributed by atoms with van der Waals surface area (Å²) < 4.78 is 39.2. The van der Waals surface area contributed by atoms with Gasteiger partial charge in [0.2, 0.25) is 5.91 Å². The molecule has 4 nitrogen and oxygen atoms in total. The number of carbonyl (C=O) groups excluding carboxylic acids is 2. The van der Waals surface area contributed by atoms with Gasteiger partial charge in [-0.3, -0.25) is 9.59 Å². The molecule has 0 unspecified atom stereocenters. The van der Waals surface area contributed by atoms with Gasteiger partial charge in [-0.15, -0.1) is 11.3 Å². The summed E-state index contributed by atoms with van der Waals surface area (Å²) in [6, 6.07) is 14.4. The highest BCUT2D eigenvalue weighted by Gasteiger charge is 2.39. The topological polar surface area (TPSA) is 40.6 Å². The maximum absolute atomic E-state index is 13.2. The molecule has 0 N–H and O–H groups in total. The van der Waals surface area contributed by atoms with Crippen LogP contribution in [0.3, 0.4) is 0 Å². The van der Waals surface area contributed by atoms with Gasteiger partial charge in [-0.2, -0.15) is 13.2 Å². The van der Waals surface area contributed by atoms with Gasteiger partial charge >= 0.3 is 6.18 Å². The number of alkyl halides is 3. The summed E-state index contributed by atoms with van der Waals surface area (Å²) in [6.45, 7) is 3.08. The Kier molecular flexibility index (Phi) is 5.28. The number of benzene rings is 2. The van der Waals surface area contributed by atoms with Crippen LogP contribution in [0.25, 0.3) is 10.4 Å². The third-order valence-electron chi connectivity index (χ3n) is 6.27. The quantitative estimate of drug-likeness (QED) is 0.508. The second-order valence-corrected chi connectivity index (χ2v) is 9.57. The molecule has 2 aliphatic heterocycles. The number of aryl methyl sites for hydroxylation is 1. The number of rotatable bonds is 2. The molecule has 2 amide bonds. The summed E-state index contributed by atoms with van der Waals surface area (Å²) in [5.74, 6) is -0.356.